The Bertz CT molecular complexity index is 678. The minimum absolute atomic E-state index is 0.0910. The predicted molar refractivity (Wildman–Crippen MR) is 77.9 cm³/mol. The van der Waals surface area contributed by atoms with E-state index in [0.29, 0.717) is 12.0 Å². The van der Waals surface area contributed by atoms with Crippen molar-refractivity contribution in [2.24, 2.45) is 5.92 Å². The van der Waals surface area contributed by atoms with Crippen LogP contribution < -0.4 is 4.74 Å². The first kappa shape index (κ1) is 17.5. The second-order valence-corrected chi connectivity index (χ2v) is 5.99. The molecule has 1 aliphatic heterocycles. The van der Waals surface area contributed by atoms with Gasteiger partial charge in [-0.25, -0.2) is 4.79 Å². The Kier molecular flexibility index (Phi) is 4.59. The number of rotatable bonds is 4. The number of carboxylic acids is 1. The minimum atomic E-state index is -4.82. The monoisotopic (exact) mass is 359 g/mol. The summed E-state index contributed by atoms with van der Waals surface area (Å²) in [4.78, 5) is 25.1. The first-order valence-electron chi connectivity index (χ1n) is 7.73. The molecule has 0 unspecified atom stereocenters. The molecule has 0 bridgehead atoms. The van der Waals surface area contributed by atoms with Crippen molar-refractivity contribution in [1.82, 2.24) is 4.90 Å². The average Bonchev–Trinajstić information content (AvgIpc) is 3.33. The number of amides is 1. The molecule has 1 aliphatic carbocycles. The van der Waals surface area contributed by atoms with Gasteiger partial charge < -0.3 is 19.5 Å². The van der Waals surface area contributed by atoms with E-state index in [0.717, 1.165) is 0 Å². The van der Waals surface area contributed by atoms with Crippen LogP contribution in [-0.2, 0) is 14.3 Å². The smallest absolute Gasteiger partial charge is 0.480 e. The SMILES string of the molecule is O=C(O)[C@@H]1COCCN1C(=O)[C@H]1C[C@@H]1c1ccccc1OC(F)(F)F. The van der Waals surface area contributed by atoms with E-state index in [2.05, 4.69) is 4.74 Å². The van der Waals surface area contributed by atoms with Gasteiger partial charge in [-0.1, -0.05) is 18.2 Å². The summed E-state index contributed by atoms with van der Waals surface area (Å²) in [6, 6.07) is 4.63. The first-order chi connectivity index (χ1) is 11.8. The molecular formula is C16H16F3NO5. The molecule has 25 heavy (non-hydrogen) atoms. The number of carboxylic acid groups (broad SMARTS) is 1. The van der Waals surface area contributed by atoms with E-state index in [1.807, 2.05) is 0 Å². The Labute approximate surface area is 141 Å². The van der Waals surface area contributed by atoms with Gasteiger partial charge in [-0.15, -0.1) is 13.2 Å². The number of ether oxygens (including phenoxy) is 2. The summed E-state index contributed by atoms with van der Waals surface area (Å²) in [6.45, 7) is 0.298. The highest BCUT2D eigenvalue weighted by Gasteiger charge is 2.49. The molecule has 1 N–H and O–H groups in total. The molecule has 1 saturated heterocycles. The highest BCUT2D eigenvalue weighted by molar-refractivity contribution is 5.88. The number of morpholine rings is 1. The maximum Gasteiger partial charge on any atom is 0.573 e. The van der Waals surface area contributed by atoms with Crippen LogP contribution in [0.2, 0.25) is 0 Å². The topological polar surface area (TPSA) is 76.1 Å². The molecule has 1 aromatic rings. The number of halogens is 3. The van der Waals surface area contributed by atoms with Crippen LogP contribution >= 0.6 is 0 Å². The fourth-order valence-electron chi connectivity index (χ4n) is 3.10. The maximum absolute atomic E-state index is 12.6. The van der Waals surface area contributed by atoms with Gasteiger partial charge in [-0.05, 0) is 24.0 Å². The molecule has 9 heteroatoms. The molecular weight excluding hydrogens is 343 g/mol. The second-order valence-electron chi connectivity index (χ2n) is 5.99. The molecule has 2 aliphatic rings. The van der Waals surface area contributed by atoms with Crippen molar-refractivity contribution in [2.45, 2.75) is 24.7 Å². The third-order valence-electron chi connectivity index (χ3n) is 4.35. The normalized spacial score (nSPS) is 26.2. The molecule has 0 aromatic heterocycles. The van der Waals surface area contributed by atoms with Crippen LogP contribution in [0.1, 0.15) is 17.9 Å². The van der Waals surface area contributed by atoms with Crippen molar-refractivity contribution in [2.75, 3.05) is 19.8 Å². The minimum Gasteiger partial charge on any atom is -0.480 e. The Morgan fingerprint density at radius 2 is 2.00 bits per heavy atom. The number of nitrogens with zero attached hydrogens (tertiary/aromatic N) is 1. The van der Waals surface area contributed by atoms with E-state index >= 15 is 0 Å². The lowest BCUT2D eigenvalue weighted by atomic mass is 10.1. The van der Waals surface area contributed by atoms with E-state index in [4.69, 9.17) is 4.74 Å². The number of para-hydroxylation sites is 1. The summed E-state index contributed by atoms with van der Waals surface area (Å²) in [6.07, 6.45) is -4.45. The van der Waals surface area contributed by atoms with Crippen LogP contribution in [0.25, 0.3) is 0 Å². The van der Waals surface area contributed by atoms with Crippen molar-refractivity contribution in [3.05, 3.63) is 29.8 Å². The highest BCUT2D eigenvalue weighted by atomic mass is 19.4. The van der Waals surface area contributed by atoms with E-state index in [1.54, 1.807) is 6.07 Å². The summed E-state index contributed by atoms with van der Waals surface area (Å²) >= 11 is 0. The van der Waals surface area contributed by atoms with Gasteiger partial charge in [0.05, 0.1) is 13.2 Å². The average molecular weight is 359 g/mol. The fourth-order valence-corrected chi connectivity index (χ4v) is 3.10. The van der Waals surface area contributed by atoms with Crippen LogP contribution in [-0.4, -0.2) is 54.0 Å². The quantitative estimate of drug-likeness (QED) is 0.890. The highest BCUT2D eigenvalue weighted by Crippen LogP contribution is 2.52. The van der Waals surface area contributed by atoms with Crippen LogP contribution in [0.15, 0.2) is 24.3 Å². The van der Waals surface area contributed by atoms with Crippen LogP contribution in [0.3, 0.4) is 0 Å². The zero-order chi connectivity index (χ0) is 18.2. The van der Waals surface area contributed by atoms with Gasteiger partial charge in [-0.2, -0.15) is 0 Å². The molecule has 136 valence electrons. The van der Waals surface area contributed by atoms with Gasteiger partial charge in [0, 0.05) is 12.5 Å². The molecule has 6 nitrogen and oxygen atoms in total. The van der Waals surface area contributed by atoms with E-state index in [1.165, 1.54) is 23.1 Å². The van der Waals surface area contributed by atoms with Gasteiger partial charge in [-0.3, -0.25) is 4.79 Å². The Morgan fingerprint density at radius 3 is 2.68 bits per heavy atom. The van der Waals surface area contributed by atoms with Crippen molar-refractivity contribution in [3.8, 4) is 5.75 Å². The van der Waals surface area contributed by atoms with Crippen LogP contribution in [0, 0.1) is 5.92 Å². The second kappa shape index (κ2) is 6.55. The summed E-state index contributed by atoms with van der Waals surface area (Å²) < 4.78 is 46.7. The molecule has 0 spiro atoms. The number of hydrogen-bond donors (Lipinski definition) is 1. The summed E-state index contributed by atoms with van der Waals surface area (Å²) in [5, 5.41) is 9.20. The predicted octanol–water partition coefficient (Wildman–Crippen LogP) is 2.00. The lowest BCUT2D eigenvalue weighted by Gasteiger charge is -2.33. The van der Waals surface area contributed by atoms with Gasteiger partial charge in [0.2, 0.25) is 5.91 Å². The van der Waals surface area contributed by atoms with Crippen LogP contribution in [0.4, 0.5) is 13.2 Å². The van der Waals surface area contributed by atoms with Gasteiger partial charge in [0.15, 0.2) is 6.04 Å². The van der Waals surface area contributed by atoms with Crippen molar-refractivity contribution >= 4 is 11.9 Å². The largest absolute Gasteiger partial charge is 0.573 e. The molecule has 3 atom stereocenters. The number of carbonyl (C=O) groups is 2. The zero-order valence-electron chi connectivity index (χ0n) is 13.0. The van der Waals surface area contributed by atoms with Crippen LogP contribution in [0.5, 0.6) is 5.75 Å². The maximum atomic E-state index is 12.6. The van der Waals surface area contributed by atoms with Crippen molar-refractivity contribution in [3.63, 3.8) is 0 Å². The number of alkyl halides is 3. The fraction of sp³-hybridized carbons (Fsp3) is 0.500. The molecule has 1 aromatic carbocycles. The number of carbonyl (C=O) groups excluding carboxylic acids is 1. The standard InChI is InChI=1S/C16H16F3NO5/c17-16(18,19)25-13-4-2-1-3-9(13)10-7-11(10)14(21)20-5-6-24-8-12(20)15(22)23/h1-4,10-12H,5-8H2,(H,22,23)/t10-,11+,12+/m1/s1. The van der Waals surface area contributed by atoms with Crippen molar-refractivity contribution < 1.29 is 37.3 Å². The number of hydrogen-bond acceptors (Lipinski definition) is 4. The molecule has 3 rings (SSSR count). The summed E-state index contributed by atoms with van der Waals surface area (Å²) in [5.74, 6) is -2.82. The zero-order valence-corrected chi connectivity index (χ0v) is 13.0. The number of benzene rings is 1. The molecule has 2 fully saturated rings. The van der Waals surface area contributed by atoms with Gasteiger partial charge in [0.25, 0.3) is 0 Å². The van der Waals surface area contributed by atoms with E-state index < -0.39 is 30.2 Å². The molecule has 0 radical (unpaired) electrons. The lowest BCUT2D eigenvalue weighted by Crippen LogP contribution is -2.53. The Balaban J connectivity index is 1.74. The van der Waals surface area contributed by atoms with E-state index in [-0.39, 0.29) is 31.4 Å². The van der Waals surface area contributed by atoms with E-state index in [9.17, 15) is 27.9 Å². The lowest BCUT2D eigenvalue weighted by molar-refractivity contribution is -0.274. The Hall–Kier alpha value is -2.29. The molecule has 1 saturated carbocycles. The Morgan fingerprint density at radius 1 is 1.28 bits per heavy atom. The number of aliphatic carboxylic acids is 1. The molecule has 1 heterocycles. The van der Waals surface area contributed by atoms with Gasteiger partial charge >= 0.3 is 12.3 Å². The summed E-state index contributed by atoms with van der Waals surface area (Å²) in [7, 11) is 0. The third-order valence-corrected chi connectivity index (χ3v) is 4.35. The first-order valence-corrected chi connectivity index (χ1v) is 7.73. The third kappa shape index (κ3) is 3.87. The van der Waals surface area contributed by atoms with Gasteiger partial charge in [0.1, 0.15) is 5.75 Å². The summed E-state index contributed by atoms with van der Waals surface area (Å²) in [5.41, 5.74) is 0.304. The molecule has 1 amide bonds. The van der Waals surface area contributed by atoms with Crippen molar-refractivity contribution in [1.29, 1.82) is 0 Å².